The second-order valence-electron chi connectivity index (χ2n) is 1.31. The largest absolute Gasteiger partial charge is 0.365 e. The second-order valence-corrected chi connectivity index (χ2v) is 1.31. The Morgan fingerprint density at radius 3 is 2.00 bits per heavy atom. The first-order valence-electron chi connectivity index (χ1n) is 2.08. The Morgan fingerprint density at radius 1 is 1.12 bits per heavy atom. The van der Waals surface area contributed by atoms with E-state index in [4.69, 9.17) is 5.73 Å². The van der Waals surface area contributed by atoms with Gasteiger partial charge in [0.25, 0.3) is 5.95 Å². The molecule has 0 aliphatic rings. The average molecular weight is 111 g/mol. The molecule has 0 spiro atoms. The molecule has 0 aliphatic heterocycles. The zero-order valence-corrected chi connectivity index (χ0v) is 4.37. The molecule has 0 atom stereocenters. The van der Waals surface area contributed by atoms with Crippen LogP contribution in [0.2, 0.25) is 0 Å². The van der Waals surface area contributed by atoms with Crippen LogP contribution in [0.1, 0.15) is 5.82 Å². The number of nitrogens with two attached hydrogens (primary N) is 1. The minimum atomic E-state index is 0.107. The van der Waals surface area contributed by atoms with Crippen LogP contribution in [-0.2, 0) is 0 Å². The zero-order valence-electron chi connectivity index (χ0n) is 4.37. The van der Waals surface area contributed by atoms with Crippen LogP contribution in [0.5, 0.6) is 0 Å². The second kappa shape index (κ2) is 1.69. The molecule has 1 aromatic rings. The number of nitrogen functional groups attached to an aromatic ring is 1. The molecule has 5 heteroatoms. The standard InChI is InChI=1S/C3H5N5/c1-2-5-7-3(4)8-6-2/h1H3,(H2,4,7,8). The lowest BCUT2D eigenvalue weighted by atomic mass is 10.8. The molecule has 5 nitrogen and oxygen atoms in total. The van der Waals surface area contributed by atoms with Crippen molar-refractivity contribution in [1.29, 1.82) is 0 Å². The van der Waals surface area contributed by atoms with Gasteiger partial charge in [0.1, 0.15) is 0 Å². The number of anilines is 1. The van der Waals surface area contributed by atoms with Gasteiger partial charge in [0.15, 0.2) is 5.82 Å². The Balaban J connectivity index is 3.03. The summed E-state index contributed by atoms with van der Waals surface area (Å²) in [5.41, 5.74) is 5.08. The number of hydrogen-bond donors (Lipinski definition) is 1. The molecule has 0 saturated carbocycles. The van der Waals surface area contributed by atoms with E-state index in [2.05, 4.69) is 20.4 Å². The van der Waals surface area contributed by atoms with Crippen LogP contribution in [0, 0.1) is 6.92 Å². The predicted molar refractivity (Wildman–Crippen MR) is 26.8 cm³/mol. The first-order chi connectivity index (χ1) is 3.79. The van der Waals surface area contributed by atoms with Crippen molar-refractivity contribution in [3.63, 3.8) is 0 Å². The maximum Gasteiger partial charge on any atom is 0.259 e. The summed E-state index contributed by atoms with van der Waals surface area (Å²) in [7, 11) is 0. The molecule has 1 heterocycles. The van der Waals surface area contributed by atoms with Crippen LogP contribution < -0.4 is 5.73 Å². The van der Waals surface area contributed by atoms with Crippen molar-refractivity contribution in [1.82, 2.24) is 20.4 Å². The van der Waals surface area contributed by atoms with Gasteiger partial charge in [0, 0.05) is 0 Å². The Kier molecular flexibility index (Phi) is 1.03. The van der Waals surface area contributed by atoms with Crippen molar-refractivity contribution in [3.8, 4) is 0 Å². The van der Waals surface area contributed by atoms with Crippen LogP contribution in [-0.4, -0.2) is 20.4 Å². The number of aromatic nitrogens is 4. The van der Waals surface area contributed by atoms with Crippen LogP contribution in [0.3, 0.4) is 0 Å². The van der Waals surface area contributed by atoms with Crippen molar-refractivity contribution >= 4 is 5.95 Å². The fraction of sp³-hybridized carbons (Fsp3) is 0.333. The Morgan fingerprint density at radius 2 is 1.62 bits per heavy atom. The van der Waals surface area contributed by atoms with E-state index in [9.17, 15) is 0 Å². The first kappa shape index (κ1) is 4.89. The van der Waals surface area contributed by atoms with Gasteiger partial charge in [-0.2, -0.15) is 0 Å². The highest BCUT2D eigenvalue weighted by Gasteiger charge is 1.86. The number of nitrogens with zero attached hydrogens (tertiary/aromatic N) is 4. The van der Waals surface area contributed by atoms with Crippen molar-refractivity contribution in [2.45, 2.75) is 6.92 Å². The summed E-state index contributed by atoms with van der Waals surface area (Å²) in [6, 6.07) is 0. The summed E-state index contributed by atoms with van der Waals surface area (Å²) in [5, 5.41) is 13.9. The fourth-order valence-corrected chi connectivity index (χ4v) is 0.287. The Hall–Kier alpha value is -1.26. The van der Waals surface area contributed by atoms with E-state index in [0.29, 0.717) is 5.82 Å². The number of aryl methyl sites for hydroxylation is 1. The maximum absolute atomic E-state index is 5.08. The molecule has 0 aromatic carbocycles. The molecule has 0 fully saturated rings. The topological polar surface area (TPSA) is 77.6 Å². The van der Waals surface area contributed by atoms with Crippen molar-refractivity contribution in [2.24, 2.45) is 0 Å². The Labute approximate surface area is 46.0 Å². The van der Waals surface area contributed by atoms with Crippen molar-refractivity contribution in [2.75, 3.05) is 5.73 Å². The zero-order chi connectivity index (χ0) is 5.98. The highest BCUT2D eigenvalue weighted by molar-refractivity contribution is 5.06. The van der Waals surface area contributed by atoms with E-state index in [1.807, 2.05) is 0 Å². The van der Waals surface area contributed by atoms with Gasteiger partial charge in [-0.05, 0) is 6.92 Å². The Bertz CT molecular complexity index is 147. The van der Waals surface area contributed by atoms with Gasteiger partial charge < -0.3 is 5.73 Å². The summed E-state index contributed by atoms with van der Waals surface area (Å²) in [6.45, 7) is 1.69. The summed E-state index contributed by atoms with van der Waals surface area (Å²) < 4.78 is 0. The van der Waals surface area contributed by atoms with E-state index >= 15 is 0 Å². The van der Waals surface area contributed by atoms with E-state index in [0.717, 1.165) is 0 Å². The first-order valence-corrected chi connectivity index (χ1v) is 2.08. The molecule has 0 unspecified atom stereocenters. The molecule has 1 aromatic heterocycles. The summed E-state index contributed by atoms with van der Waals surface area (Å²) >= 11 is 0. The van der Waals surface area contributed by atoms with Gasteiger partial charge in [-0.25, -0.2) is 0 Å². The third-order valence-electron chi connectivity index (χ3n) is 0.594. The maximum atomic E-state index is 5.08. The molecular formula is C3H5N5. The molecule has 42 valence electrons. The summed E-state index contributed by atoms with van der Waals surface area (Å²) in [6.07, 6.45) is 0. The summed E-state index contributed by atoms with van der Waals surface area (Å²) in [4.78, 5) is 0. The third kappa shape index (κ3) is 0.868. The van der Waals surface area contributed by atoms with Gasteiger partial charge in [-0.15, -0.1) is 20.4 Å². The quantitative estimate of drug-likeness (QED) is 0.472. The lowest BCUT2D eigenvalue weighted by Crippen LogP contribution is -2.00. The predicted octanol–water partition coefficient (Wildman–Crippen LogP) is -0.843. The van der Waals surface area contributed by atoms with Gasteiger partial charge in [-0.3, -0.25) is 0 Å². The molecule has 0 radical (unpaired) electrons. The highest BCUT2D eigenvalue weighted by atomic mass is 15.3. The number of hydrogen-bond acceptors (Lipinski definition) is 5. The van der Waals surface area contributed by atoms with Gasteiger partial charge in [0.05, 0.1) is 0 Å². The molecule has 0 bridgehead atoms. The third-order valence-corrected chi connectivity index (χ3v) is 0.594. The fourth-order valence-electron chi connectivity index (χ4n) is 0.287. The van der Waals surface area contributed by atoms with Crippen molar-refractivity contribution < 1.29 is 0 Å². The van der Waals surface area contributed by atoms with Crippen LogP contribution in [0.25, 0.3) is 0 Å². The SMILES string of the molecule is Cc1nnc(N)nn1. The van der Waals surface area contributed by atoms with Crippen LogP contribution >= 0.6 is 0 Å². The lowest BCUT2D eigenvalue weighted by Gasteiger charge is -1.85. The van der Waals surface area contributed by atoms with Crippen molar-refractivity contribution in [3.05, 3.63) is 5.82 Å². The molecule has 0 saturated heterocycles. The normalized spacial score (nSPS) is 9.12. The summed E-state index contributed by atoms with van der Waals surface area (Å²) in [5.74, 6) is 0.634. The highest BCUT2D eigenvalue weighted by Crippen LogP contribution is 1.80. The lowest BCUT2D eigenvalue weighted by molar-refractivity contribution is 0.820. The minimum Gasteiger partial charge on any atom is -0.365 e. The average Bonchev–Trinajstić information content (AvgIpc) is 1.77. The molecule has 0 aliphatic carbocycles. The van der Waals surface area contributed by atoms with E-state index in [-0.39, 0.29) is 5.95 Å². The smallest absolute Gasteiger partial charge is 0.259 e. The molecule has 2 N–H and O–H groups in total. The molecule has 1 rings (SSSR count). The van der Waals surface area contributed by atoms with Crippen LogP contribution in [0.4, 0.5) is 5.95 Å². The molecular weight excluding hydrogens is 106 g/mol. The minimum absolute atomic E-state index is 0.107. The van der Waals surface area contributed by atoms with E-state index in [1.54, 1.807) is 6.92 Å². The van der Waals surface area contributed by atoms with Gasteiger partial charge in [0.2, 0.25) is 0 Å². The van der Waals surface area contributed by atoms with Gasteiger partial charge in [-0.1, -0.05) is 0 Å². The van der Waals surface area contributed by atoms with E-state index in [1.165, 1.54) is 0 Å². The van der Waals surface area contributed by atoms with Gasteiger partial charge >= 0.3 is 0 Å². The molecule has 0 amide bonds. The van der Waals surface area contributed by atoms with E-state index < -0.39 is 0 Å². The van der Waals surface area contributed by atoms with Crippen LogP contribution in [0.15, 0.2) is 0 Å². The monoisotopic (exact) mass is 111 g/mol. The number of rotatable bonds is 0. The molecule has 8 heavy (non-hydrogen) atoms.